The standard InChI is InChI=1S/C12H12ClN3O4S/c1-7(8-4-2-3-5-10(8)13)16-21(19,20)11-9(12(17)18)6-14-15-11/h2-7,16H,1H3,(H,14,15)(H,17,18)/t7-/m1/s1. The van der Waals surface area contributed by atoms with Crippen molar-refractivity contribution in [3.8, 4) is 0 Å². The largest absolute Gasteiger partial charge is 0.478 e. The van der Waals surface area contributed by atoms with E-state index in [9.17, 15) is 13.2 Å². The molecule has 0 aliphatic heterocycles. The molecule has 1 aromatic heterocycles. The normalized spacial score (nSPS) is 13.0. The number of H-pyrrole nitrogens is 1. The highest BCUT2D eigenvalue weighted by atomic mass is 35.5. The molecule has 0 spiro atoms. The zero-order valence-corrected chi connectivity index (χ0v) is 12.4. The SMILES string of the molecule is C[C@@H](NS(=O)(=O)c1[nH]ncc1C(=O)O)c1ccccc1Cl. The molecule has 0 fully saturated rings. The van der Waals surface area contributed by atoms with Crippen molar-refractivity contribution in [3.05, 3.63) is 46.6 Å². The molecule has 2 aromatic rings. The maximum absolute atomic E-state index is 12.2. The first-order valence-electron chi connectivity index (χ1n) is 5.86. The molecular formula is C12H12ClN3O4S. The van der Waals surface area contributed by atoms with Gasteiger partial charge in [0.2, 0.25) is 0 Å². The van der Waals surface area contributed by atoms with E-state index in [0.717, 1.165) is 6.20 Å². The molecule has 9 heteroatoms. The lowest BCUT2D eigenvalue weighted by Crippen LogP contribution is -2.28. The molecule has 21 heavy (non-hydrogen) atoms. The van der Waals surface area contributed by atoms with Crippen LogP contribution in [-0.2, 0) is 10.0 Å². The summed E-state index contributed by atoms with van der Waals surface area (Å²) in [4.78, 5) is 11.0. The van der Waals surface area contributed by atoms with E-state index < -0.39 is 32.6 Å². The van der Waals surface area contributed by atoms with Gasteiger partial charge in [-0.25, -0.2) is 17.9 Å². The number of carbonyl (C=O) groups is 1. The van der Waals surface area contributed by atoms with E-state index in [1.807, 2.05) is 0 Å². The summed E-state index contributed by atoms with van der Waals surface area (Å²) in [6, 6.07) is 6.14. The molecule has 1 heterocycles. The third-order valence-corrected chi connectivity index (χ3v) is 4.66. The van der Waals surface area contributed by atoms with E-state index >= 15 is 0 Å². The number of hydrogen-bond donors (Lipinski definition) is 3. The Kier molecular flexibility index (Phi) is 4.31. The fraction of sp³-hybridized carbons (Fsp3) is 0.167. The van der Waals surface area contributed by atoms with Crippen molar-refractivity contribution in [2.75, 3.05) is 0 Å². The Balaban J connectivity index is 2.32. The first-order chi connectivity index (χ1) is 9.83. The number of hydrogen-bond acceptors (Lipinski definition) is 4. The molecule has 0 unspecified atom stereocenters. The Morgan fingerprint density at radius 3 is 2.71 bits per heavy atom. The summed E-state index contributed by atoms with van der Waals surface area (Å²) in [7, 11) is -4.06. The van der Waals surface area contributed by atoms with Gasteiger partial charge < -0.3 is 5.11 Å². The maximum Gasteiger partial charge on any atom is 0.340 e. The van der Waals surface area contributed by atoms with Crippen molar-refractivity contribution >= 4 is 27.6 Å². The highest BCUT2D eigenvalue weighted by Crippen LogP contribution is 2.24. The number of nitrogens with one attached hydrogen (secondary N) is 2. The van der Waals surface area contributed by atoms with Crippen molar-refractivity contribution in [2.45, 2.75) is 18.0 Å². The Morgan fingerprint density at radius 2 is 2.10 bits per heavy atom. The van der Waals surface area contributed by atoms with Crippen LogP contribution in [0.2, 0.25) is 5.02 Å². The van der Waals surface area contributed by atoms with Gasteiger partial charge in [-0.05, 0) is 18.6 Å². The number of carboxylic acid groups (broad SMARTS) is 1. The summed E-state index contributed by atoms with van der Waals surface area (Å²) in [5.41, 5.74) is 0.160. The first-order valence-corrected chi connectivity index (χ1v) is 7.72. The molecule has 0 aliphatic rings. The van der Waals surface area contributed by atoms with Crippen LogP contribution in [0.3, 0.4) is 0 Å². The molecule has 7 nitrogen and oxygen atoms in total. The molecule has 0 saturated heterocycles. The Hall–Kier alpha value is -1.90. The average Bonchev–Trinajstić information content (AvgIpc) is 2.88. The predicted molar refractivity (Wildman–Crippen MR) is 75.7 cm³/mol. The van der Waals surface area contributed by atoms with Crippen LogP contribution in [0.1, 0.15) is 28.9 Å². The number of aromatic nitrogens is 2. The van der Waals surface area contributed by atoms with Gasteiger partial charge in [0.1, 0.15) is 5.56 Å². The summed E-state index contributed by atoms with van der Waals surface area (Å²) >= 11 is 6.01. The van der Waals surface area contributed by atoms with E-state index in [-0.39, 0.29) is 0 Å². The van der Waals surface area contributed by atoms with Gasteiger partial charge in [-0.3, -0.25) is 5.10 Å². The van der Waals surface area contributed by atoms with Gasteiger partial charge in [0.05, 0.1) is 6.20 Å². The lowest BCUT2D eigenvalue weighted by molar-refractivity contribution is 0.0692. The zero-order valence-electron chi connectivity index (χ0n) is 10.9. The molecule has 1 aromatic carbocycles. The van der Waals surface area contributed by atoms with Gasteiger partial charge in [0, 0.05) is 11.1 Å². The second kappa shape index (κ2) is 5.84. The quantitative estimate of drug-likeness (QED) is 0.774. The van der Waals surface area contributed by atoms with Crippen LogP contribution < -0.4 is 4.72 Å². The highest BCUT2D eigenvalue weighted by Gasteiger charge is 2.27. The second-order valence-corrected chi connectivity index (χ2v) is 6.34. The first kappa shape index (κ1) is 15.5. The minimum Gasteiger partial charge on any atom is -0.478 e. The lowest BCUT2D eigenvalue weighted by atomic mass is 10.1. The minimum absolute atomic E-state index is 0.413. The van der Waals surface area contributed by atoms with Gasteiger partial charge >= 0.3 is 5.97 Å². The monoisotopic (exact) mass is 329 g/mol. The molecule has 0 aliphatic carbocycles. The lowest BCUT2D eigenvalue weighted by Gasteiger charge is -2.15. The van der Waals surface area contributed by atoms with Crippen molar-refractivity contribution in [1.29, 1.82) is 0 Å². The summed E-state index contributed by atoms with van der Waals surface area (Å²) in [5.74, 6) is -1.38. The molecule has 2 rings (SSSR count). The van der Waals surface area contributed by atoms with Crippen LogP contribution in [-0.4, -0.2) is 29.7 Å². The van der Waals surface area contributed by atoms with Gasteiger partial charge in [-0.2, -0.15) is 5.10 Å². The predicted octanol–water partition coefficient (Wildman–Crippen LogP) is 1.80. The van der Waals surface area contributed by atoms with E-state index in [1.54, 1.807) is 31.2 Å². The summed E-state index contributed by atoms with van der Waals surface area (Å²) in [5, 5.41) is 14.5. The van der Waals surface area contributed by atoms with Gasteiger partial charge in [0.15, 0.2) is 5.03 Å². The van der Waals surface area contributed by atoms with Crippen LogP contribution in [0.5, 0.6) is 0 Å². The Morgan fingerprint density at radius 1 is 1.43 bits per heavy atom. The number of benzene rings is 1. The third kappa shape index (κ3) is 3.23. The van der Waals surface area contributed by atoms with Crippen LogP contribution in [0.15, 0.2) is 35.5 Å². The molecule has 0 amide bonds. The average molecular weight is 330 g/mol. The number of nitrogens with zero attached hydrogens (tertiary/aromatic N) is 1. The molecule has 112 valence electrons. The van der Waals surface area contributed by atoms with E-state index in [2.05, 4.69) is 14.9 Å². The zero-order chi connectivity index (χ0) is 15.6. The van der Waals surface area contributed by atoms with Gasteiger partial charge in [-0.15, -0.1) is 0 Å². The van der Waals surface area contributed by atoms with Crippen LogP contribution in [0, 0.1) is 0 Å². The number of sulfonamides is 1. The van der Waals surface area contributed by atoms with Crippen molar-refractivity contribution < 1.29 is 18.3 Å². The summed E-state index contributed by atoms with van der Waals surface area (Å²) in [6.45, 7) is 1.61. The van der Waals surface area contributed by atoms with E-state index in [4.69, 9.17) is 16.7 Å². The molecule has 0 bridgehead atoms. The molecule has 0 radical (unpaired) electrons. The molecule has 0 saturated carbocycles. The maximum atomic E-state index is 12.2. The highest BCUT2D eigenvalue weighted by molar-refractivity contribution is 7.89. The number of halogens is 1. The van der Waals surface area contributed by atoms with Crippen molar-refractivity contribution in [3.63, 3.8) is 0 Å². The van der Waals surface area contributed by atoms with Gasteiger partial charge in [0.25, 0.3) is 10.0 Å². The van der Waals surface area contributed by atoms with Crippen LogP contribution in [0.4, 0.5) is 0 Å². The summed E-state index contributed by atoms with van der Waals surface area (Å²) < 4.78 is 26.8. The number of rotatable bonds is 5. The van der Waals surface area contributed by atoms with Crippen molar-refractivity contribution in [2.24, 2.45) is 0 Å². The number of aromatic amines is 1. The topological polar surface area (TPSA) is 112 Å². The Bertz CT molecular complexity index is 772. The van der Waals surface area contributed by atoms with Crippen LogP contribution >= 0.6 is 11.6 Å². The van der Waals surface area contributed by atoms with E-state index in [0.29, 0.717) is 10.6 Å². The number of aromatic carboxylic acids is 1. The number of carboxylic acids is 1. The summed E-state index contributed by atoms with van der Waals surface area (Å²) in [6.07, 6.45) is 0.942. The van der Waals surface area contributed by atoms with Gasteiger partial charge in [-0.1, -0.05) is 29.8 Å². The fourth-order valence-corrected chi connectivity index (χ4v) is 3.42. The van der Waals surface area contributed by atoms with Crippen LogP contribution in [0.25, 0.3) is 0 Å². The molecular weight excluding hydrogens is 318 g/mol. The third-order valence-electron chi connectivity index (χ3n) is 2.81. The minimum atomic E-state index is -4.06. The van der Waals surface area contributed by atoms with Crippen molar-refractivity contribution in [1.82, 2.24) is 14.9 Å². The fourth-order valence-electron chi connectivity index (χ4n) is 1.81. The Labute approximate surface area is 126 Å². The smallest absolute Gasteiger partial charge is 0.340 e. The van der Waals surface area contributed by atoms with E-state index in [1.165, 1.54) is 0 Å². The second-order valence-electron chi connectivity index (χ2n) is 4.28. The molecule has 3 N–H and O–H groups in total. The molecule has 1 atom stereocenters.